The highest BCUT2D eigenvalue weighted by Crippen LogP contribution is 2.34. The van der Waals surface area contributed by atoms with Gasteiger partial charge in [-0.05, 0) is 54.3 Å². The average Bonchev–Trinajstić information content (AvgIpc) is 2.72. The maximum atomic E-state index is 13.3. The highest BCUT2D eigenvalue weighted by Gasteiger charge is 2.29. The van der Waals surface area contributed by atoms with Crippen molar-refractivity contribution in [1.29, 1.82) is 0 Å². The molecule has 2 aromatic rings. The van der Waals surface area contributed by atoms with Gasteiger partial charge in [-0.15, -0.1) is 0 Å². The number of benzene rings is 2. The van der Waals surface area contributed by atoms with Crippen LogP contribution in [0.5, 0.6) is 0 Å². The molecular weight excluding hydrogens is 385 g/mol. The molecule has 0 saturated carbocycles. The molecule has 7 heteroatoms. The Morgan fingerprint density at radius 3 is 2.63 bits per heavy atom. The Morgan fingerprint density at radius 2 is 1.90 bits per heavy atom. The molecule has 0 radical (unpaired) electrons. The summed E-state index contributed by atoms with van der Waals surface area (Å²) < 4.78 is 13.3. The molecule has 0 fully saturated rings. The fraction of sp³-hybridized carbons (Fsp3) is 0.261. The zero-order valence-corrected chi connectivity index (χ0v) is 16.8. The summed E-state index contributed by atoms with van der Waals surface area (Å²) in [7, 11) is 1.75. The number of aryl methyl sites for hydroxylation is 2. The van der Waals surface area contributed by atoms with Crippen molar-refractivity contribution >= 4 is 29.1 Å². The van der Waals surface area contributed by atoms with E-state index in [-0.39, 0.29) is 30.0 Å². The summed E-state index contributed by atoms with van der Waals surface area (Å²) in [5.74, 6) is -1.28. The lowest BCUT2D eigenvalue weighted by atomic mass is 9.86. The van der Waals surface area contributed by atoms with Crippen LogP contribution < -0.4 is 15.5 Å². The third kappa shape index (κ3) is 3.70. The normalized spacial score (nSPS) is 18.4. The minimum Gasteiger partial charge on any atom is -0.332 e. The number of nitrogens with one attached hydrogen (secondary N) is 2. The number of carbonyl (C=O) groups is 3. The lowest BCUT2D eigenvalue weighted by Gasteiger charge is -2.28. The van der Waals surface area contributed by atoms with Crippen LogP contribution in [0.15, 0.2) is 48.2 Å². The Bertz CT molecular complexity index is 1080. The molecule has 1 atom stereocenters. The van der Waals surface area contributed by atoms with Crippen LogP contribution in [0, 0.1) is 12.7 Å². The van der Waals surface area contributed by atoms with Crippen molar-refractivity contribution in [2.75, 3.05) is 17.3 Å². The number of amides is 3. The molecule has 0 saturated heterocycles. The van der Waals surface area contributed by atoms with Gasteiger partial charge in [0, 0.05) is 49.0 Å². The van der Waals surface area contributed by atoms with Crippen LogP contribution in [-0.4, -0.2) is 24.8 Å². The van der Waals surface area contributed by atoms with E-state index in [1.165, 1.54) is 18.3 Å². The van der Waals surface area contributed by atoms with E-state index in [0.717, 1.165) is 16.8 Å². The highest BCUT2D eigenvalue weighted by atomic mass is 19.1. The number of hydrogen-bond acceptors (Lipinski definition) is 3. The molecule has 2 heterocycles. The van der Waals surface area contributed by atoms with Gasteiger partial charge in [-0.2, -0.15) is 0 Å². The van der Waals surface area contributed by atoms with Gasteiger partial charge in [-0.25, -0.2) is 4.39 Å². The van der Waals surface area contributed by atoms with Crippen LogP contribution in [0.1, 0.15) is 35.4 Å². The fourth-order valence-electron chi connectivity index (χ4n) is 3.95. The zero-order valence-electron chi connectivity index (χ0n) is 16.8. The van der Waals surface area contributed by atoms with Gasteiger partial charge >= 0.3 is 0 Å². The quantitative estimate of drug-likeness (QED) is 0.820. The van der Waals surface area contributed by atoms with Crippen LogP contribution in [0.4, 0.5) is 15.8 Å². The zero-order chi connectivity index (χ0) is 21.4. The number of halogens is 1. The van der Waals surface area contributed by atoms with Crippen LogP contribution in [0.25, 0.3) is 0 Å². The van der Waals surface area contributed by atoms with Crippen molar-refractivity contribution in [3.05, 3.63) is 70.7 Å². The molecule has 0 bridgehead atoms. The van der Waals surface area contributed by atoms with Crippen LogP contribution >= 0.6 is 0 Å². The summed E-state index contributed by atoms with van der Waals surface area (Å²) in [5, 5.41) is 5.55. The SMILES string of the molecule is Cc1cc2c(cc1NC(=O)C1=CNC(=O)CC1c1ccc(F)cc1)CCC(=O)N2C. The number of anilines is 2. The van der Waals surface area contributed by atoms with E-state index in [4.69, 9.17) is 0 Å². The van der Waals surface area contributed by atoms with Crippen LogP contribution in [0.3, 0.4) is 0 Å². The van der Waals surface area contributed by atoms with Gasteiger partial charge in [-0.1, -0.05) is 12.1 Å². The molecule has 1 unspecified atom stereocenters. The number of nitrogens with zero attached hydrogens (tertiary/aromatic N) is 1. The van der Waals surface area contributed by atoms with E-state index in [0.29, 0.717) is 29.7 Å². The van der Waals surface area contributed by atoms with Gasteiger partial charge in [0.1, 0.15) is 5.82 Å². The maximum Gasteiger partial charge on any atom is 0.253 e. The summed E-state index contributed by atoms with van der Waals surface area (Å²) in [6.45, 7) is 1.87. The molecule has 2 aliphatic heterocycles. The van der Waals surface area contributed by atoms with Gasteiger partial charge in [0.2, 0.25) is 11.8 Å². The third-order valence-corrected chi connectivity index (χ3v) is 5.71. The number of fused-ring (bicyclic) bond motifs is 1. The predicted molar refractivity (Wildman–Crippen MR) is 112 cm³/mol. The lowest BCUT2D eigenvalue weighted by Crippen LogP contribution is -2.32. The Balaban J connectivity index is 1.62. The molecule has 2 aliphatic rings. The third-order valence-electron chi connectivity index (χ3n) is 5.71. The van der Waals surface area contributed by atoms with Crippen molar-refractivity contribution in [2.24, 2.45) is 0 Å². The molecule has 0 aliphatic carbocycles. The molecule has 0 spiro atoms. The van der Waals surface area contributed by atoms with Gasteiger partial charge in [0.05, 0.1) is 0 Å². The molecule has 6 nitrogen and oxygen atoms in total. The van der Waals surface area contributed by atoms with Crippen LogP contribution in [-0.2, 0) is 20.8 Å². The van der Waals surface area contributed by atoms with Crippen LogP contribution in [0.2, 0.25) is 0 Å². The first-order valence-corrected chi connectivity index (χ1v) is 9.80. The first kappa shape index (κ1) is 19.8. The highest BCUT2D eigenvalue weighted by molar-refractivity contribution is 6.07. The minimum atomic E-state index is -0.457. The Hall–Kier alpha value is -3.48. The van der Waals surface area contributed by atoms with E-state index in [2.05, 4.69) is 10.6 Å². The average molecular weight is 407 g/mol. The molecule has 154 valence electrons. The van der Waals surface area contributed by atoms with E-state index in [1.807, 2.05) is 19.1 Å². The summed E-state index contributed by atoms with van der Waals surface area (Å²) >= 11 is 0. The molecule has 3 amide bonds. The Morgan fingerprint density at radius 1 is 1.17 bits per heavy atom. The summed E-state index contributed by atoms with van der Waals surface area (Å²) in [4.78, 5) is 38.6. The monoisotopic (exact) mass is 407 g/mol. The van der Waals surface area contributed by atoms with Gasteiger partial charge < -0.3 is 15.5 Å². The second-order valence-corrected chi connectivity index (χ2v) is 7.68. The van der Waals surface area contributed by atoms with Crippen molar-refractivity contribution in [2.45, 2.75) is 32.1 Å². The lowest BCUT2D eigenvalue weighted by molar-refractivity contribution is -0.121. The molecular formula is C23H22FN3O3. The Labute approximate surface area is 173 Å². The van der Waals surface area contributed by atoms with Gasteiger partial charge in [0.25, 0.3) is 5.91 Å². The summed E-state index contributed by atoms with van der Waals surface area (Å²) in [6, 6.07) is 9.63. The first-order valence-electron chi connectivity index (χ1n) is 9.80. The summed E-state index contributed by atoms with van der Waals surface area (Å²) in [6.07, 6.45) is 2.60. The van der Waals surface area contributed by atoms with Crippen molar-refractivity contribution in [1.82, 2.24) is 5.32 Å². The standard InChI is InChI=1S/C23H22FN3O3/c1-13-9-20-15(5-8-22(29)27(20)2)10-19(13)26-23(30)18-12-25-21(28)11-17(18)14-3-6-16(24)7-4-14/h3-4,6-7,9-10,12,17H,5,8,11H2,1-2H3,(H,25,28)(H,26,30). The molecule has 4 rings (SSSR count). The predicted octanol–water partition coefficient (Wildman–Crippen LogP) is 3.17. The minimum absolute atomic E-state index is 0.0731. The molecule has 0 aromatic heterocycles. The smallest absolute Gasteiger partial charge is 0.253 e. The topological polar surface area (TPSA) is 78.5 Å². The second-order valence-electron chi connectivity index (χ2n) is 7.68. The molecule has 2 aromatic carbocycles. The number of carbonyl (C=O) groups excluding carboxylic acids is 3. The Kier molecular flexibility index (Phi) is 5.11. The van der Waals surface area contributed by atoms with Gasteiger partial charge in [-0.3, -0.25) is 14.4 Å². The van der Waals surface area contributed by atoms with Crippen molar-refractivity contribution in [3.8, 4) is 0 Å². The number of hydrogen-bond donors (Lipinski definition) is 2. The largest absolute Gasteiger partial charge is 0.332 e. The molecule has 30 heavy (non-hydrogen) atoms. The maximum absolute atomic E-state index is 13.3. The van der Waals surface area contributed by atoms with Crippen molar-refractivity contribution in [3.63, 3.8) is 0 Å². The van der Waals surface area contributed by atoms with E-state index < -0.39 is 5.92 Å². The number of rotatable bonds is 3. The van der Waals surface area contributed by atoms with Gasteiger partial charge in [0.15, 0.2) is 0 Å². The van der Waals surface area contributed by atoms with E-state index in [9.17, 15) is 18.8 Å². The second kappa shape index (κ2) is 7.74. The van der Waals surface area contributed by atoms with E-state index >= 15 is 0 Å². The first-order chi connectivity index (χ1) is 14.3. The van der Waals surface area contributed by atoms with E-state index in [1.54, 1.807) is 24.1 Å². The summed E-state index contributed by atoms with van der Waals surface area (Å²) in [5.41, 5.74) is 4.47. The molecule has 2 N–H and O–H groups in total. The van der Waals surface area contributed by atoms with Crippen molar-refractivity contribution < 1.29 is 18.8 Å². The fourth-order valence-corrected chi connectivity index (χ4v) is 3.95.